The van der Waals surface area contributed by atoms with Gasteiger partial charge in [0.1, 0.15) is 17.1 Å². The van der Waals surface area contributed by atoms with Crippen LogP contribution in [0, 0.1) is 17.1 Å². The van der Waals surface area contributed by atoms with E-state index in [1.54, 1.807) is 51.1 Å². The number of aromatic nitrogens is 2. The number of nitrogens with zero attached hydrogens (tertiary/aromatic N) is 3. The second-order valence-corrected chi connectivity index (χ2v) is 11.1. The van der Waals surface area contributed by atoms with Crippen molar-refractivity contribution in [2.75, 3.05) is 5.32 Å². The molecule has 228 valence electrons. The summed E-state index contributed by atoms with van der Waals surface area (Å²) in [5, 5.41) is 16.8. The topological polar surface area (TPSA) is 109 Å². The molecule has 8 nitrogen and oxygen atoms in total. The first-order valence-corrected chi connectivity index (χ1v) is 13.6. The Kier molecular flexibility index (Phi) is 9.30. The number of alkyl halides is 4. The molecule has 1 atom stereocenters. The highest BCUT2D eigenvalue weighted by molar-refractivity contribution is 6.22. The fourth-order valence-corrected chi connectivity index (χ4v) is 4.38. The van der Waals surface area contributed by atoms with Crippen LogP contribution < -0.4 is 10.6 Å². The maximum atomic E-state index is 14.8. The molecule has 1 unspecified atom stereocenters. The van der Waals surface area contributed by atoms with Gasteiger partial charge in [-0.3, -0.25) is 4.79 Å². The predicted molar refractivity (Wildman–Crippen MR) is 155 cm³/mol. The van der Waals surface area contributed by atoms with E-state index in [-0.39, 0.29) is 17.9 Å². The zero-order valence-electron chi connectivity index (χ0n) is 23.7. The Labute approximate surface area is 255 Å². The molecular formula is C31H26ClF4N5O3. The van der Waals surface area contributed by atoms with Crippen molar-refractivity contribution in [1.29, 1.82) is 5.26 Å². The third-order valence-electron chi connectivity index (χ3n) is 6.06. The number of anilines is 1. The van der Waals surface area contributed by atoms with Gasteiger partial charge < -0.3 is 15.4 Å². The van der Waals surface area contributed by atoms with Crippen molar-refractivity contribution in [1.82, 2.24) is 15.1 Å². The molecule has 2 N–H and O–H groups in total. The van der Waals surface area contributed by atoms with Gasteiger partial charge in [0, 0.05) is 12.6 Å². The first kappa shape index (κ1) is 32.0. The van der Waals surface area contributed by atoms with Gasteiger partial charge in [0.05, 0.1) is 28.4 Å². The van der Waals surface area contributed by atoms with Crippen LogP contribution in [0.25, 0.3) is 5.69 Å². The van der Waals surface area contributed by atoms with Crippen LogP contribution in [0.2, 0.25) is 0 Å². The molecule has 3 aromatic carbocycles. The number of amides is 2. The lowest BCUT2D eigenvalue weighted by molar-refractivity contribution is -0.141. The monoisotopic (exact) mass is 627 g/mol. The van der Waals surface area contributed by atoms with E-state index in [9.17, 15) is 32.4 Å². The van der Waals surface area contributed by atoms with Crippen LogP contribution in [0.1, 0.15) is 64.6 Å². The number of alkyl carbamates (subject to hydrolysis) is 1. The van der Waals surface area contributed by atoms with Crippen molar-refractivity contribution in [3.05, 3.63) is 112 Å². The number of hydrogen-bond acceptors (Lipinski definition) is 5. The highest BCUT2D eigenvalue weighted by Gasteiger charge is 2.36. The van der Waals surface area contributed by atoms with Gasteiger partial charge in [-0.1, -0.05) is 30.3 Å². The minimum Gasteiger partial charge on any atom is -0.444 e. The minimum atomic E-state index is -4.88. The molecule has 4 aromatic rings. The molecule has 0 saturated heterocycles. The molecule has 1 aromatic heterocycles. The normalized spacial score (nSPS) is 12.2. The molecule has 0 aliphatic rings. The Bertz CT molecular complexity index is 1740. The van der Waals surface area contributed by atoms with Crippen LogP contribution >= 0.6 is 11.6 Å². The number of nitrogens with one attached hydrogen (secondary N) is 2. The van der Waals surface area contributed by atoms with Crippen molar-refractivity contribution >= 4 is 29.3 Å². The maximum absolute atomic E-state index is 14.8. The molecule has 13 heteroatoms. The Morgan fingerprint density at radius 3 is 2.41 bits per heavy atom. The van der Waals surface area contributed by atoms with Crippen molar-refractivity contribution in [2.45, 2.75) is 44.5 Å². The number of benzene rings is 3. The van der Waals surface area contributed by atoms with E-state index < -0.39 is 46.4 Å². The van der Waals surface area contributed by atoms with Gasteiger partial charge in [-0.05, 0) is 73.9 Å². The van der Waals surface area contributed by atoms with Gasteiger partial charge in [-0.2, -0.15) is 23.5 Å². The maximum Gasteiger partial charge on any atom is 0.435 e. The van der Waals surface area contributed by atoms with Crippen molar-refractivity contribution in [3.63, 3.8) is 0 Å². The van der Waals surface area contributed by atoms with Crippen LogP contribution in [0.3, 0.4) is 0 Å². The summed E-state index contributed by atoms with van der Waals surface area (Å²) in [7, 11) is 0. The molecule has 0 aliphatic heterocycles. The smallest absolute Gasteiger partial charge is 0.435 e. The van der Waals surface area contributed by atoms with Crippen molar-refractivity contribution in [3.8, 4) is 11.8 Å². The van der Waals surface area contributed by atoms with Crippen molar-refractivity contribution < 1.29 is 31.9 Å². The number of nitriles is 1. The number of rotatable bonds is 7. The summed E-state index contributed by atoms with van der Waals surface area (Å²) in [5.41, 5.74) is -1.08. The van der Waals surface area contributed by atoms with E-state index >= 15 is 0 Å². The van der Waals surface area contributed by atoms with E-state index in [4.69, 9.17) is 16.3 Å². The molecule has 0 spiro atoms. The lowest BCUT2D eigenvalue weighted by Gasteiger charge is -2.19. The zero-order chi connectivity index (χ0) is 32.2. The van der Waals surface area contributed by atoms with E-state index in [0.29, 0.717) is 28.3 Å². The van der Waals surface area contributed by atoms with E-state index in [0.717, 1.165) is 10.7 Å². The highest BCUT2D eigenvalue weighted by atomic mass is 35.5. The van der Waals surface area contributed by atoms with Gasteiger partial charge in [-0.25, -0.2) is 13.9 Å². The van der Waals surface area contributed by atoms with Crippen molar-refractivity contribution in [2.24, 2.45) is 0 Å². The SMILES string of the molecule is CC(C)(C)OC(=O)NCc1cccc(-n2nc(C(F)(F)F)cc2C(=O)Nc2cc(C(Cl)c3cccc(C#N)c3)ccc2F)c1. The largest absolute Gasteiger partial charge is 0.444 e. The number of carbonyl (C=O) groups is 2. The Morgan fingerprint density at radius 2 is 1.73 bits per heavy atom. The van der Waals surface area contributed by atoms with Crippen LogP contribution in [0.15, 0.2) is 72.8 Å². The average molecular weight is 628 g/mol. The van der Waals surface area contributed by atoms with E-state index in [1.807, 2.05) is 6.07 Å². The lowest BCUT2D eigenvalue weighted by Crippen LogP contribution is -2.32. The average Bonchev–Trinajstić information content (AvgIpc) is 3.43. The summed E-state index contributed by atoms with van der Waals surface area (Å²) in [6.07, 6.45) is -5.58. The quantitative estimate of drug-likeness (QED) is 0.163. The summed E-state index contributed by atoms with van der Waals surface area (Å²) in [6, 6.07) is 18.7. The predicted octanol–water partition coefficient (Wildman–Crippen LogP) is 7.51. The molecule has 0 aliphatic carbocycles. The summed E-state index contributed by atoms with van der Waals surface area (Å²) in [4.78, 5) is 25.4. The Balaban J connectivity index is 1.63. The molecule has 0 fully saturated rings. The first-order chi connectivity index (χ1) is 20.6. The second kappa shape index (κ2) is 12.8. The highest BCUT2D eigenvalue weighted by Crippen LogP contribution is 2.33. The van der Waals surface area contributed by atoms with Crippen LogP contribution in [-0.2, 0) is 17.5 Å². The standard InChI is InChI=1S/C31H26ClF4N5O3/c1-30(2,3)44-29(43)38-17-19-7-5-9-22(13-19)41-25(15-26(40-41)31(34,35)36)28(42)39-24-14-21(10-11-23(24)33)27(32)20-8-4-6-18(12-20)16-37/h4-15,27H,17H2,1-3H3,(H,38,43)(H,39,42). The molecule has 1 heterocycles. The lowest BCUT2D eigenvalue weighted by atomic mass is 10.0. The second-order valence-electron chi connectivity index (χ2n) is 10.6. The van der Waals surface area contributed by atoms with Gasteiger partial charge in [0.15, 0.2) is 5.69 Å². The molecule has 44 heavy (non-hydrogen) atoms. The molecule has 4 rings (SSSR count). The summed E-state index contributed by atoms with van der Waals surface area (Å²) >= 11 is 6.57. The van der Waals surface area contributed by atoms with Crippen LogP contribution in [0.5, 0.6) is 0 Å². The number of hydrogen-bond donors (Lipinski definition) is 2. The van der Waals surface area contributed by atoms with E-state index in [2.05, 4.69) is 15.7 Å². The van der Waals surface area contributed by atoms with Gasteiger partial charge >= 0.3 is 12.3 Å². The van der Waals surface area contributed by atoms with Crippen LogP contribution in [-0.4, -0.2) is 27.4 Å². The molecule has 0 radical (unpaired) electrons. The summed E-state index contributed by atoms with van der Waals surface area (Å²) in [6.45, 7) is 5.06. The fraction of sp³-hybridized carbons (Fsp3) is 0.226. The third kappa shape index (κ3) is 7.93. The molecule has 2 amide bonds. The number of ether oxygens (including phenoxy) is 1. The first-order valence-electron chi connectivity index (χ1n) is 13.1. The van der Waals surface area contributed by atoms with Crippen LogP contribution in [0.4, 0.5) is 28.0 Å². The summed E-state index contributed by atoms with van der Waals surface area (Å²) in [5.74, 6) is -1.92. The van der Waals surface area contributed by atoms with E-state index in [1.165, 1.54) is 30.3 Å². The summed E-state index contributed by atoms with van der Waals surface area (Å²) < 4.78 is 61.8. The Morgan fingerprint density at radius 1 is 1.02 bits per heavy atom. The third-order valence-corrected chi connectivity index (χ3v) is 6.57. The van der Waals surface area contributed by atoms with Gasteiger partial charge in [0.2, 0.25) is 0 Å². The Hall–Kier alpha value is -4.89. The minimum absolute atomic E-state index is 0.0213. The molecule has 0 bridgehead atoms. The number of halogens is 5. The van der Waals surface area contributed by atoms with Gasteiger partial charge in [0.25, 0.3) is 5.91 Å². The molecule has 0 saturated carbocycles. The zero-order valence-corrected chi connectivity index (χ0v) is 24.4. The fourth-order valence-electron chi connectivity index (χ4n) is 4.11. The number of carbonyl (C=O) groups excluding carboxylic acids is 2. The molecular weight excluding hydrogens is 602 g/mol. The van der Waals surface area contributed by atoms with Gasteiger partial charge in [-0.15, -0.1) is 11.6 Å².